The number of nitrogens with zero attached hydrogens (tertiary/aromatic N) is 5. The molecule has 31 heavy (non-hydrogen) atoms. The molecule has 1 aromatic carbocycles. The van der Waals surface area contributed by atoms with Gasteiger partial charge in [-0.25, -0.2) is 0 Å². The Morgan fingerprint density at radius 1 is 1.26 bits per heavy atom. The van der Waals surface area contributed by atoms with Gasteiger partial charge in [0.25, 0.3) is 5.91 Å². The molecule has 1 aliphatic heterocycles. The van der Waals surface area contributed by atoms with Gasteiger partial charge in [-0.1, -0.05) is 30.3 Å². The molecule has 0 fully saturated rings. The van der Waals surface area contributed by atoms with Crippen molar-refractivity contribution in [2.45, 2.75) is 45.9 Å². The van der Waals surface area contributed by atoms with Gasteiger partial charge >= 0.3 is 0 Å². The minimum atomic E-state index is -0.177. The Kier molecular flexibility index (Phi) is 6.20. The fourth-order valence-electron chi connectivity index (χ4n) is 4.28. The minimum absolute atomic E-state index is 0.00576. The summed E-state index contributed by atoms with van der Waals surface area (Å²) < 4.78 is 3.63. The number of benzene rings is 1. The van der Waals surface area contributed by atoms with Gasteiger partial charge in [0.2, 0.25) is 0 Å². The Labute approximate surface area is 182 Å². The van der Waals surface area contributed by atoms with Crippen LogP contribution in [0.4, 0.5) is 0 Å². The van der Waals surface area contributed by atoms with Crippen LogP contribution in [0.3, 0.4) is 0 Å². The van der Waals surface area contributed by atoms with Crippen LogP contribution in [0, 0.1) is 6.92 Å². The summed E-state index contributed by atoms with van der Waals surface area (Å²) in [6.07, 6.45) is 2.85. The van der Waals surface area contributed by atoms with Crippen molar-refractivity contribution in [1.29, 1.82) is 0 Å². The van der Waals surface area contributed by atoms with Crippen molar-refractivity contribution >= 4 is 5.91 Å². The molecule has 8 heteroatoms. The van der Waals surface area contributed by atoms with Crippen LogP contribution in [-0.2, 0) is 33.1 Å². The first-order chi connectivity index (χ1) is 15.0. The zero-order chi connectivity index (χ0) is 22.0. The Morgan fingerprint density at radius 2 is 2.03 bits per heavy atom. The third-order valence-electron chi connectivity index (χ3n) is 5.90. The normalized spacial score (nSPS) is 15.0. The second-order valence-electron chi connectivity index (χ2n) is 8.20. The second kappa shape index (κ2) is 9.03. The van der Waals surface area contributed by atoms with Gasteiger partial charge in [-0.2, -0.15) is 10.2 Å². The van der Waals surface area contributed by atoms with E-state index in [2.05, 4.69) is 26.6 Å². The smallest absolute Gasteiger partial charge is 0.272 e. The summed E-state index contributed by atoms with van der Waals surface area (Å²) in [5.74, 6) is -0.177. The van der Waals surface area contributed by atoms with E-state index in [1.165, 1.54) is 5.56 Å². The summed E-state index contributed by atoms with van der Waals surface area (Å²) in [5.41, 5.74) is 5.73. The highest BCUT2D eigenvalue weighted by Gasteiger charge is 2.29. The lowest BCUT2D eigenvalue weighted by Gasteiger charge is -2.27. The molecule has 0 saturated carbocycles. The Balaban J connectivity index is 1.56. The number of fused-ring (bicyclic) bond motifs is 1. The molecule has 2 aromatic heterocycles. The zero-order valence-corrected chi connectivity index (χ0v) is 18.4. The number of aromatic nitrogens is 4. The van der Waals surface area contributed by atoms with E-state index >= 15 is 0 Å². The first-order valence-corrected chi connectivity index (χ1v) is 10.7. The van der Waals surface area contributed by atoms with Crippen LogP contribution in [0.1, 0.15) is 51.5 Å². The standard InChI is InChI=1S/C23H30N6O2/c1-16(18-7-5-4-6-8-18)24-23(31)22-20-15-28(14-19-13-27(3)25-17(19)2)10-9-21(20)29(26-22)11-12-30/h4-8,13,16,30H,9-12,14-15H2,1-3H3,(H,24,31). The van der Waals surface area contributed by atoms with E-state index in [9.17, 15) is 9.90 Å². The Hall–Kier alpha value is -2.97. The predicted molar refractivity (Wildman–Crippen MR) is 117 cm³/mol. The van der Waals surface area contributed by atoms with Crippen LogP contribution in [0.15, 0.2) is 36.5 Å². The molecule has 1 amide bonds. The highest BCUT2D eigenvalue weighted by Crippen LogP contribution is 2.25. The van der Waals surface area contributed by atoms with Crippen molar-refractivity contribution in [2.24, 2.45) is 7.05 Å². The van der Waals surface area contributed by atoms with E-state index in [0.29, 0.717) is 18.8 Å². The number of aliphatic hydroxyl groups is 1. The van der Waals surface area contributed by atoms with Crippen LogP contribution < -0.4 is 5.32 Å². The number of carbonyl (C=O) groups is 1. The van der Waals surface area contributed by atoms with E-state index in [1.807, 2.05) is 55.9 Å². The topological polar surface area (TPSA) is 88.2 Å². The molecule has 1 aliphatic rings. The Morgan fingerprint density at radius 3 is 2.71 bits per heavy atom. The number of aliphatic hydroxyl groups excluding tert-OH is 1. The van der Waals surface area contributed by atoms with Gasteiger partial charge in [-0.05, 0) is 19.4 Å². The molecule has 4 rings (SSSR count). The molecule has 164 valence electrons. The van der Waals surface area contributed by atoms with E-state index in [1.54, 1.807) is 4.68 Å². The fourth-order valence-corrected chi connectivity index (χ4v) is 4.28. The Bertz CT molecular complexity index is 1060. The number of rotatable bonds is 7. The van der Waals surface area contributed by atoms with E-state index < -0.39 is 0 Å². The number of nitrogens with one attached hydrogen (secondary N) is 1. The summed E-state index contributed by atoms with van der Waals surface area (Å²) in [6, 6.07) is 9.78. The largest absolute Gasteiger partial charge is 0.394 e. The van der Waals surface area contributed by atoms with E-state index in [4.69, 9.17) is 0 Å². The van der Waals surface area contributed by atoms with Gasteiger partial charge in [0.1, 0.15) is 0 Å². The average Bonchev–Trinajstić information content (AvgIpc) is 3.27. The number of amides is 1. The number of hydrogen-bond donors (Lipinski definition) is 2. The molecule has 0 aliphatic carbocycles. The van der Waals surface area contributed by atoms with Crippen LogP contribution in [0.25, 0.3) is 0 Å². The third-order valence-corrected chi connectivity index (χ3v) is 5.90. The lowest BCUT2D eigenvalue weighted by Crippen LogP contribution is -2.33. The SMILES string of the molecule is Cc1nn(C)cc1CN1CCc2c(c(C(=O)NC(C)c3ccccc3)nn2CCO)C1. The van der Waals surface area contributed by atoms with Crippen molar-refractivity contribution in [3.63, 3.8) is 0 Å². The van der Waals surface area contributed by atoms with Crippen LogP contribution in [-0.4, -0.2) is 48.6 Å². The molecule has 3 aromatic rings. The summed E-state index contributed by atoms with van der Waals surface area (Å²) in [7, 11) is 1.93. The van der Waals surface area contributed by atoms with Gasteiger partial charge in [0, 0.05) is 56.1 Å². The molecule has 8 nitrogen and oxygen atoms in total. The molecule has 2 N–H and O–H groups in total. The zero-order valence-electron chi connectivity index (χ0n) is 18.4. The molecule has 0 saturated heterocycles. The first kappa shape index (κ1) is 21.3. The van der Waals surface area contributed by atoms with Crippen molar-refractivity contribution in [3.05, 3.63) is 70.3 Å². The summed E-state index contributed by atoms with van der Waals surface area (Å²) in [5, 5.41) is 21.6. The minimum Gasteiger partial charge on any atom is -0.394 e. The monoisotopic (exact) mass is 422 g/mol. The molecule has 3 heterocycles. The predicted octanol–water partition coefficient (Wildman–Crippen LogP) is 1.97. The highest BCUT2D eigenvalue weighted by atomic mass is 16.3. The lowest BCUT2D eigenvalue weighted by molar-refractivity contribution is 0.0931. The van der Waals surface area contributed by atoms with Crippen molar-refractivity contribution in [3.8, 4) is 0 Å². The molecule has 1 atom stereocenters. The van der Waals surface area contributed by atoms with Crippen molar-refractivity contribution in [1.82, 2.24) is 29.8 Å². The van der Waals surface area contributed by atoms with Gasteiger partial charge in [0.05, 0.1) is 24.9 Å². The van der Waals surface area contributed by atoms with Crippen LogP contribution in [0.5, 0.6) is 0 Å². The van der Waals surface area contributed by atoms with Crippen LogP contribution in [0.2, 0.25) is 0 Å². The van der Waals surface area contributed by atoms with Gasteiger partial charge < -0.3 is 10.4 Å². The maximum absolute atomic E-state index is 13.2. The first-order valence-electron chi connectivity index (χ1n) is 10.7. The number of hydrogen-bond acceptors (Lipinski definition) is 5. The molecule has 1 unspecified atom stereocenters. The lowest BCUT2D eigenvalue weighted by atomic mass is 10.0. The maximum Gasteiger partial charge on any atom is 0.272 e. The van der Waals surface area contributed by atoms with Gasteiger partial charge in [-0.3, -0.25) is 19.1 Å². The second-order valence-corrected chi connectivity index (χ2v) is 8.20. The average molecular weight is 423 g/mol. The van der Waals surface area contributed by atoms with E-state index in [0.717, 1.165) is 42.0 Å². The highest BCUT2D eigenvalue weighted by molar-refractivity contribution is 5.94. The quantitative estimate of drug-likeness (QED) is 0.608. The molecular formula is C23H30N6O2. The number of carbonyl (C=O) groups excluding carboxylic acids is 1. The van der Waals surface area contributed by atoms with E-state index in [-0.39, 0.29) is 18.6 Å². The van der Waals surface area contributed by atoms with Crippen molar-refractivity contribution in [2.75, 3.05) is 13.2 Å². The van der Waals surface area contributed by atoms with Crippen LogP contribution >= 0.6 is 0 Å². The van der Waals surface area contributed by atoms with Gasteiger partial charge in [-0.15, -0.1) is 0 Å². The molecular weight excluding hydrogens is 392 g/mol. The molecule has 0 radical (unpaired) electrons. The molecule has 0 bridgehead atoms. The third kappa shape index (κ3) is 4.55. The maximum atomic E-state index is 13.2. The summed E-state index contributed by atoms with van der Waals surface area (Å²) in [4.78, 5) is 15.5. The summed E-state index contributed by atoms with van der Waals surface area (Å²) in [6.45, 7) is 6.69. The number of aryl methyl sites for hydroxylation is 2. The van der Waals surface area contributed by atoms with Crippen molar-refractivity contribution < 1.29 is 9.90 Å². The molecule has 0 spiro atoms. The summed E-state index contributed by atoms with van der Waals surface area (Å²) >= 11 is 0. The van der Waals surface area contributed by atoms with Gasteiger partial charge in [0.15, 0.2) is 5.69 Å². The fraction of sp³-hybridized carbons (Fsp3) is 0.435.